The molecule has 0 saturated heterocycles. The van der Waals surface area contributed by atoms with Crippen molar-refractivity contribution in [2.75, 3.05) is 6.54 Å². The Morgan fingerprint density at radius 1 is 0.683 bits per heavy atom. The first-order valence-corrected chi connectivity index (χ1v) is 14.9. The van der Waals surface area contributed by atoms with Crippen LogP contribution in [0.25, 0.3) is 0 Å². The van der Waals surface area contributed by atoms with E-state index in [1.54, 1.807) is 12.1 Å². The summed E-state index contributed by atoms with van der Waals surface area (Å²) in [7, 11) is 0. The molecular weight excluding hydrogens is 558 g/mol. The van der Waals surface area contributed by atoms with Crippen molar-refractivity contribution < 1.29 is 23.7 Å². The van der Waals surface area contributed by atoms with E-state index in [0.717, 1.165) is 27.0 Å². The number of carbonyl (C=O) groups is 1. The van der Waals surface area contributed by atoms with Crippen molar-refractivity contribution >= 4 is 28.6 Å². The predicted molar refractivity (Wildman–Crippen MR) is 157 cm³/mol. The second-order valence-corrected chi connectivity index (χ2v) is 11.1. The Kier molecular flexibility index (Phi) is 8.39. The standard InChI is InChI=1S/C31H27N3O5S2/c35-31(22-6-2-1-3-7-22)32-13-12-21-10-11-27-28(14-21)37-16-24-20-41-30(34-24)18-39-26-9-5-4-8-25(26)38-17-29-33-23(15-36-27)19-40-29/h1-11,14,19-20H,12-13,15-18H2,(H,32,35). The molecule has 0 fully saturated rings. The van der Waals surface area contributed by atoms with E-state index >= 15 is 0 Å². The second kappa shape index (κ2) is 12.8. The number of rotatable bonds is 4. The normalized spacial score (nSPS) is 13.1. The van der Waals surface area contributed by atoms with E-state index < -0.39 is 0 Å². The molecule has 6 rings (SSSR count). The van der Waals surface area contributed by atoms with Gasteiger partial charge < -0.3 is 24.3 Å². The van der Waals surface area contributed by atoms with Crippen LogP contribution in [0.15, 0.2) is 83.6 Å². The van der Waals surface area contributed by atoms with Gasteiger partial charge in [-0.05, 0) is 48.4 Å². The van der Waals surface area contributed by atoms with Gasteiger partial charge in [0.15, 0.2) is 23.0 Å². The number of amides is 1. The number of hydrogen-bond acceptors (Lipinski definition) is 9. The van der Waals surface area contributed by atoms with E-state index in [9.17, 15) is 4.79 Å². The highest BCUT2D eigenvalue weighted by atomic mass is 32.1. The van der Waals surface area contributed by atoms with Crippen molar-refractivity contribution in [2.45, 2.75) is 32.8 Å². The first-order chi connectivity index (χ1) is 20.2. The number of ether oxygens (including phenoxy) is 4. The van der Waals surface area contributed by atoms with Gasteiger partial charge in [0.1, 0.15) is 36.4 Å². The summed E-state index contributed by atoms with van der Waals surface area (Å²) in [4.78, 5) is 21.8. The minimum atomic E-state index is -0.0958. The Morgan fingerprint density at radius 3 is 1.90 bits per heavy atom. The van der Waals surface area contributed by atoms with Gasteiger partial charge in [-0.1, -0.05) is 36.4 Å². The third-order valence-corrected chi connectivity index (χ3v) is 7.99. The number of carbonyl (C=O) groups excluding carboxylic acids is 1. The summed E-state index contributed by atoms with van der Waals surface area (Å²) in [5.74, 6) is 2.44. The average molecular weight is 586 g/mol. The van der Waals surface area contributed by atoms with Gasteiger partial charge in [0.2, 0.25) is 0 Å². The maximum Gasteiger partial charge on any atom is 0.251 e. The minimum absolute atomic E-state index is 0.0958. The Balaban J connectivity index is 1.18. The number of benzene rings is 3. The van der Waals surface area contributed by atoms with Crippen molar-refractivity contribution in [2.24, 2.45) is 0 Å². The lowest BCUT2D eigenvalue weighted by atomic mass is 10.1. The topological polar surface area (TPSA) is 91.8 Å². The van der Waals surface area contributed by atoms with E-state index in [2.05, 4.69) is 15.3 Å². The van der Waals surface area contributed by atoms with Gasteiger partial charge in [-0.2, -0.15) is 0 Å². The number of aromatic nitrogens is 2. The number of hydrogen-bond donors (Lipinski definition) is 1. The molecule has 0 atom stereocenters. The van der Waals surface area contributed by atoms with E-state index in [1.807, 2.05) is 71.4 Å². The molecule has 4 bridgehead atoms. The fourth-order valence-corrected chi connectivity index (χ4v) is 5.57. The fraction of sp³-hybridized carbons (Fsp3) is 0.194. The largest absolute Gasteiger partial charge is 0.483 e. The molecule has 0 radical (unpaired) electrons. The summed E-state index contributed by atoms with van der Waals surface area (Å²) in [6, 6.07) is 22.6. The molecule has 1 aliphatic rings. The van der Waals surface area contributed by atoms with Gasteiger partial charge >= 0.3 is 0 Å². The van der Waals surface area contributed by atoms with E-state index in [1.165, 1.54) is 22.7 Å². The molecule has 5 aromatic rings. The molecule has 1 N–H and O–H groups in total. The molecule has 0 spiro atoms. The minimum Gasteiger partial charge on any atom is -0.483 e. The lowest BCUT2D eigenvalue weighted by Crippen LogP contribution is -2.25. The first kappa shape index (κ1) is 26.8. The number of nitrogens with one attached hydrogen (secondary N) is 1. The summed E-state index contributed by atoms with van der Waals surface area (Å²) < 4.78 is 24.4. The number of para-hydroxylation sites is 2. The number of nitrogens with zero attached hydrogens (tertiary/aromatic N) is 2. The molecule has 0 saturated carbocycles. The highest BCUT2D eigenvalue weighted by Gasteiger charge is 2.14. The van der Waals surface area contributed by atoms with E-state index in [0.29, 0.717) is 61.3 Å². The van der Waals surface area contributed by atoms with E-state index in [-0.39, 0.29) is 12.5 Å². The molecule has 8 nitrogen and oxygen atoms in total. The Labute approximate surface area is 245 Å². The van der Waals surface area contributed by atoms with Crippen LogP contribution in [0.2, 0.25) is 0 Å². The predicted octanol–water partition coefficient (Wildman–Crippen LogP) is 6.20. The number of thiazole rings is 2. The summed E-state index contributed by atoms with van der Waals surface area (Å²) in [6.45, 7) is 1.72. The lowest BCUT2D eigenvalue weighted by Gasteiger charge is -2.14. The zero-order valence-corrected chi connectivity index (χ0v) is 23.7. The quantitative estimate of drug-likeness (QED) is 0.268. The van der Waals surface area contributed by atoms with Crippen molar-refractivity contribution in [3.63, 3.8) is 0 Å². The van der Waals surface area contributed by atoms with E-state index in [4.69, 9.17) is 18.9 Å². The number of fused-ring (bicyclic) bond motifs is 6. The van der Waals surface area contributed by atoms with Crippen molar-refractivity contribution in [3.05, 3.63) is 116 Å². The van der Waals surface area contributed by atoms with Gasteiger partial charge in [0, 0.05) is 22.9 Å². The van der Waals surface area contributed by atoms with Gasteiger partial charge in [-0.25, -0.2) is 9.97 Å². The maximum absolute atomic E-state index is 12.4. The summed E-state index contributed by atoms with van der Waals surface area (Å²) >= 11 is 3.04. The second-order valence-electron chi connectivity index (χ2n) is 9.22. The molecule has 10 heteroatoms. The van der Waals surface area contributed by atoms with Crippen LogP contribution in [-0.4, -0.2) is 22.4 Å². The molecule has 41 heavy (non-hydrogen) atoms. The maximum atomic E-state index is 12.4. The highest BCUT2D eigenvalue weighted by Crippen LogP contribution is 2.32. The molecule has 3 heterocycles. The molecule has 0 aliphatic carbocycles. The third-order valence-electron chi connectivity index (χ3n) is 6.24. The van der Waals surface area contributed by atoms with Crippen LogP contribution in [-0.2, 0) is 32.8 Å². The Bertz CT molecular complexity index is 1620. The Hall–Kier alpha value is -4.41. The van der Waals surface area contributed by atoms with Crippen LogP contribution in [0.1, 0.15) is 37.3 Å². The van der Waals surface area contributed by atoms with Crippen LogP contribution >= 0.6 is 22.7 Å². The molecular formula is C31H27N3O5S2. The third kappa shape index (κ3) is 7.03. The van der Waals surface area contributed by atoms with Crippen molar-refractivity contribution in [1.82, 2.24) is 15.3 Å². The molecule has 2 aromatic heterocycles. The lowest BCUT2D eigenvalue weighted by molar-refractivity contribution is 0.0954. The molecule has 0 unspecified atom stereocenters. The zero-order chi connectivity index (χ0) is 27.9. The molecule has 3 aromatic carbocycles. The van der Waals surface area contributed by atoms with Crippen molar-refractivity contribution in [3.8, 4) is 23.0 Å². The van der Waals surface area contributed by atoms with Crippen LogP contribution in [0.3, 0.4) is 0 Å². The molecule has 1 amide bonds. The van der Waals surface area contributed by atoms with Gasteiger partial charge in [0.05, 0.1) is 11.4 Å². The van der Waals surface area contributed by atoms with Gasteiger partial charge in [-0.3, -0.25) is 4.79 Å². The summed E-state index contributed by atoms with van der Waals surface area (Å²) in [6.07, 6.45) is 0.643. The highest BCUT2D eigenvalue weighted by molar-refractivity contribution is 7.09. The van der Waals surface area contributed by atoms with Crippen LogP contribution < -0.4 is 24.3 Å². The summed E-state index contributed by atoms with van der Waals surface area (Å²) in [5, 5.41) is 8.59. The zero-order valence-electron chi connectivity index (χ0n) is 22.1. The fourth-order valence-electron chi connectivity index (χ4n) is 4.19. The summed E-state index contributed by atoms with van der Waals surface area (Å²) in [5.41, 5.74) is 3.26. The SMILES string of the molecule is O=C(NCCc1ccc2c(c1)OCc1csc(n1)COc1ccccc1OCc1nc(cs1)CO2)c1ccccc1. The Morgan fingerprint density at radius 2 is 1.24 bits per heavy atom. The molecule has 208 valence electrons. The van der Waals surface area contributed by atoms with Crippen molar-refractivity contribution in [1.29, 1.82) is 0 Å². The van der Waals surface area contributed by atoms with Gasteiger partial charge in [0.25, 0.3) is 5.91 Å². The van der Waals surface area contributed by atoms with Crippen LogP contribution in [0, 0.1) is 0 Å². The van der Waals surface area contributed by atoms with Gasteiger partial charge in [-0.15, -0.1) is 22.7 Å². The van der Waals surface area contributed by atoms with Crippen LogP contribution in [0.4, 0.5) is 0 Å². The average Bonchev–Trinajstić information content (AvgIpc) is 3.67. The first-order valence-electron chi connectivity index (χ1n) is 13.1. The monoisotopic (exact) mass is 585 g/mol. The van der Waals surface area contributed by atoms with Crippen LogP contribution in [0.5, 0.6) is 23.0 Å². The smallest absolute Gasteiger partial charge is 0.251 e. The molecule has 1 aliphatic heterocycles.